The summed E-state index contributed by atoms with van der Waals surface area (Å²) in [6.45, 7) is 3.98. The molecule has 0 rings (SSSR count). The molecule has 0 aromatic rings. The minimum absolute atomic E-state index is 0. The van der Waals surface area contributed by atoms with Gasteiger partial charge in [0.1, 0.15) is 0 Å². The monoisotopic (exact) mass is 267 g/mol. The van der Waals surface area contributed by atoms with E-state index in [1.807, 2.05) is 0 Å². The summed E-state index contributed by atoms with van der Waals surface area (Å²) in [4.78, 5) is 0. The summed E-state index contributed by atoms with van der Waals surface area (Å²) in [5.41, 5.74) is 0. The van der Waals surface area contributed by atoms with Gasteiger partial charge in [-0.3, -0.25) is 9.05 Å². The summed E-state index contributed by atoms with van der Waals surface area (Å²) < 4.78 is 21.2. The van der Waals surface area contributed by atoms with E-state index in [1.165, 1.54) is 0 Å². The summed E-state index contributed by atoms with van der Waals surface area (Å²) in [6.07, 6.45) is 0. The predicted octanol–water partition coefficient (Wildman–Crippen LogP) is -1.41. The molecular formula is C5H11KNO3PS2. The molecule has 0 fully saturated rings. The van der Waals surface area contributed by atoms with E-state index in [2.05, 4.69) is 29.9 Å². The molecule has 0 radical (unpaired) electrons. The Hall–Kier alpha value is 1.90. The number of nitrogens with one attached hydrogen (secondary N) is 1. The Morgan fingerprint density at radius 1 is 1.46 bits per heavy atom. The van der Waals surface area contributed by atoms with E-state index in [4.69, 9.17) is 9.05 Å². The van der Waals surface area contributed by atoms with Crippen molar-refractivity contribution >= 4 is 36.9 Å². The third-order valence-corrected chi connectivity index (χ3v) is 3.03. The molecule has 0 bridgehead atoms. The molecule has 0 saturated carbocycles. The Bertz CT molecular complexity index is 194. The van der Waals surface area contributed by atoms with Gasteiger partial charge in [-0.05, 0) is 13.8 Å². The Kier molecular flexibility index (Phi) is 12.2. The quantitative estimate of drug-likeness (QED) is 0.286. The summed E-state index contributed by atoms with van der Waals surface area (Å²) >= 11 is 9.09. The van der Waals surface area contributed by atoms with Gasteiger partial charge in [0, 0.05) is 0 Å². The van der Waals surface area contributed by atoms with Crippen molar-refractivity contribution in [1.29, 1.82) is 0 Å². The van der Waals surface area contributed by atoms with Crippen molar-refractivity contribution in [2.24, 2.45) is 0 Å². The van der Waals surface area contributed by atoms with Gasteiger partial charge in [-0.2, -0.15) is 0 Å². The van der Waals surface area contributed by atoms with Crippen LogP contribution in [0.1, 0.15) is 13.8 Å². The third-order valence-electron chi connectivity index (χ3n) is 0.826. The molecule has 0 saturated heterocycles. The van der Waals surface area contributed by atoms with E-state index in [1.54, 1.807) is 13.8 Å². The van der Waals surface area contributed by atoms with Crippen LogP contribution in [-0.4, -0.2) is 17.5 Å². The summed E-state index contributed by atoms with van der Waals surface area (Å²) in [7, 11) is -3.27. The van der Waals surface area contributed by atoms with Crippen LogP contribution in [-0.2, 0) is 26.2 Å². The fourth-order valence-electron chi connectivity index (χ4n) is 0.554. The van der Waals surface area contributed by atoms with Crippen molar-refractivity contribution in [1.82, 2.24) is 5.09 Å². The first-order chi connectivity index (χ1) is 5.54. The Morgan fingerprint density at radius 2 is 1.85 bits per heavy atom. The smallest absolute Gasteiger partial charge is 0.411 e. The van der Waals surface area contributed by atoms with Gasteiger partial charge in [-0.25, -0.2) is 4.57 Å². The number of thiocarbonyl (C=S) groups is 1. The zero-order valence-electron chi connectivity index (χ0n) is 7.90. The molecule has 0 heterocycles. The molecule has 72 valence electrons. The van der Waals surface area contributed by atoms with Gasteiger partial charge in [-0.15, -0.1) is 0 Å². The minimum atomic E-state index is -3.27. The molecule has 0 aromatic heterocycles. The average molecular weight is 267 g/mol. The zero-order valence-corrected chi connectivity index (χ0v) is 13.6. The van der Waals surface area contributed by atoms with Crippen molar-refractivity contribution in [2.75, 3.05) is 13.2 Å². The second-order valence-corrected chi connectivity index (χ2v) is 4.54. The summed E-state index contributed by atoms with van der Waals surface area (Å²) in [5, 5.41) is 2.32. The fourth-order valence-corrected chi connectivity index (χ4v) is 2.33. The minimum Gasteiger partial charge on any atom is -0.411 e. The van der Waals surface area contributed by atoms with Crippen LogP contribution in [0.15, 0.2) is 0 Å². The van der Waals surface area contributed by atoms with Crippen molar-refractivity contribution in [3.8, 4) is 0 Å². The van der Waals surface area contributed by atoms with Gasteiger partial charge in [0.15, 0.2) is 0 Å². The van der Waals surface area contributed by atoms with Crippen LogP contribution in [0.5, 0.6) is 0 Å². The maximum absolute atomic E-state index is 11.5. The summed E-state index contributed by atoms with van der Waals surface area (Å²) in [5.74, 6) is 0. The van der Waals surface area contributed by atoms with Crippen molar-refractivity contribution in [2.45, 2.75) is 13.8 Å². The topological polar surface area (TPSA) is 47.6 Å². The van der Waals surface area contributed by atoms with Crippen LogP contribution in [0.4, 0.5) is 0 Å². The molecule has 13 heavy (non-hydrogen) atoms. The van der Waals surface area contributed by atoms with Crippen LogP contribution in [0, 0.1) is 0 Å². The molecule has 8 heteroatoms. The van der Waals surface area contributed by atoms with Crippen LogP contribution >= 0.6 is 20.0 Å². The van der Waals surface area contributed by atoms with Gasteiger partial charge in [-0.1, -0.05) is 4.32 Å². The van der Waals surface area contributed by atoms with E-state index < -0.39 is 7.75 Å². The second kappa shape index (κ2) is 9.15. The van der Waals surface area contributed by atoms with Crippen LogP contribution in [0.2, 0.25) is 0 Å². The molecule has 1 N–H and O–H groups in total. The van der Waals surface area contributed by atoms with Gasteiger partial charge in [0.05, 0.1) is 13.2 Å². The molecular weight excluding hydrogens is 256 g/mol. The van der Waals surface area contributed by atoms with E-state index in [-0.39, 0.29) is 68.9 Å². The number of hydrogen-bond acceptors (Lipinski definition) is 5. The average Bonchev–Trinajstić information content (AvgIpc) is 1.85. The Balaban J connectivity index is 0. The second-order valence-electron chi connectivity index (χ2n) is 1.73. The fraction of sp³-hybridized carbons (Fsp3) is 0.800. The van der Waals surface area contributed by atoms with E-state index in [9.17, 15) is 4.57 Å². The Labute approximate surface area is 132 Å². The molecule has 0 unspecified atom stereocenters. The molecule has 0 spiro atoms. The molecule has 0 aromatic carbocycles. The molecule has 0 aliphatic carbocycles. The van der Waals surface area contributed by atoms with Crippen LogP contribution in [0.25, 0.3) is 0 Å². The van der Waals surface area contributed by atoms with Gasteiger partial charge >= 0.3 is 59.1 Å². The van der Waals surface area contributed by atoms with Crippen LogP contribution < -0.4 is 56.5 Å². The number of hydrogen-bond donors (Lipinski definition) is 1. The Morgan fingerprint density at radius 3 is 2.08 bits per heavy atom. The van der Waals surface area contributed by atoms with Gasteiger partial charge in [0.25, 0.3) is 0 Å². The molecule has 0 atom stereocenters. The van der Waals surface area contributed by atoms with Crippen molar-refractivity contribution < 1.29 is 65.0 Å². The van der Waals surface area contributed by atoms with Gasteiger partial charge in [0.2, 0.25) is 0 Å². The standard InChI is InChI=1S/C5H12NO3PS2.K/c1-3-8-10(7,9-4-2)6-5(11)12;/h3-4H2,1-2H3,(H2,6,7,11,12);/q;+1/p-1. The molecule has 0 aliphatic rings. The molecule has 4 nitrogen and oxygen atoms in total. The van der Waals surface area contributed by atoms with Gasteiger partial charge < -0.3 is 29.9 Å². The normalized spacial score (nSPS) is 10.3. The maximum Gasteiger partial charge on any atom is 1.00 e. The third kappa shape index (κ3) is 8.86. The van der Waals surface area contributed by atoms with Crippen LogP contribution in [0.3, 0.4) is 0 Å². The zero-order chi connectivity index (χ0) is 9.61. The van der Waals surface area contributed by atoms with E-state index in [0.29, 0.717) is 0 Å². The first-order valence-corrected chi connectivity index (χ1v) is 5.78. The first kappa shape index (κ1) is 17.3. The van der Waals surface area contributed by atoms with Crippen molar-refractivity contribution in [3.05, 3.63) is 0 Å². The molecule has 0 amide bonds. The number of rotatable bonds is 5. The molecule has 0 aliphatic heterocycles. The maximum atomic E-state index is 11.5. The van der Waals surface area contributed by atoms with Crippen molar-refractivity contribution in [3.63, 3.8) is 0 Å². The first-order valence-electron chi connectivity index (χ1n) is 3.42. The largest absolute Gasteiger partial charge is 1.00 e. The van der Waals surface area contributed by atoms with E-state index >= 15 is 0 Å². The predicted molar refractivity (Wildman–Crippen MR) is 54.0 cm³/mol. The SMILES string of the molecule is CCOP(=O)(NC(=S)[S-])OCC.[K+]. The van der Waals surface area contributed by atoms with E-state index in [0.717, 1.165) is 0 Å². The summed E-state index contributed by atoms with van der Waals surface area (Å²) in [6, 6.07) is 0.